The summed E-state index contributed by atoms with van der Waals surface area (Å²) < 4.78 is 89.9. The third kappa shape index (κ3) is 5.70. The van der Waals surface area contributed by atoms with Gasteiger partial charge in [-0.3, -0.25) is 0 Å². The Labute approximate surface area is 245 Å². The number of halogens is 6. The highest BCUT2D eigenvalue weighted by atomic mass is 19.4. The van der Waals surface area contributed by atoms with E-state index < -0.39 is 28.9 Å². The van der Waals surface area contributed by atoms with Gasteiger partial charge in [0.1, 0.15) is 11.5 Å². The second-order valence-electron chi connectivity index (χ2n) is 11.3. The first-order valence-corrected chi connectivity index (χ1v) is 13.7. The van der Waals surface area contributed by atoms with E-state index in [0.717, 1.165) is 58.0 Å². The lowest BCUT2D eigenvalue weighted by atomic mass is 9.77. The summed E-state index contributed by atoms with van der Waals surface area (Å²) in [6.07, 6.45) is -8.79. The Balaban J connectivity index is 1.22. The van der Waals surface area contributed by atoms with E-state index >= 15 is 0 Å². The zero-order valence-corrected chi connectivity index (χ0v) is 23.4. The Hall–Kier alpha value is -4.34. The van der Waals surface area contributed by atoms with E-state index in [1.54, 1.807) is 0 Å². The summed E-state index contributed by atoms with van der Waals surface area (Å²) in [7, 11) is 0. The minimum Gasteiger partial charge on any atom is -0.473 e. The summed E-state index contributed by atoms with van der Waals surface area (Å²) in [6, 6.07) is 22.1. The molecule has 4 nitrogen and oxygen atoms in total. The molecule has 0 atom stereocenters. The summed E-state index contributed by atoms with van der Waals surface area (Å²) in [5.41, 5.74) is 3.34. The van der Waals surface area contributed by atoms with Crippen LogP contribution in [0, 0.1) is 0 Å². The van der Waals surface area contributed by atoms with E-state index in [4.69, 9.17) is 9.47 Å². The van der Waals surface area contributed by atoms with E-state index in [9.17, 15) is 26.3 Å². The van der Waals surface area contributed by atoms with Crippen LogP contribution in [0.2, 0.25) is 0 Å². The normalized spacial score (nSPS) is 15.3. The molecule has 0 aromatic heterocycles. The molecule has 10 heteroatoms. The van der Waals surface area contributed by atoms with Gasteiger partial charge in [-0.05, 0) is 83.9 Å². The number of hydrogen-bond acceptors (Lipinski definition) is 4. The predicted octanol–water partition coefficient (Wildman–Crippen LogP) is 8.76. The standard InChI is InChI=1S/C33H28F6N2O2/c1-31(2,25-7-13-29-21(15-25)17-40(19-42-29)27-9-3-23(4-10-27)32(34,35)36)26-8-14-30-22(16-26)18-41(20-43-30)28-11-5-24(6-12-28)33(37,38)39/h3-16H,17-20H2,1-2H3. The van der Waals surface area contributed by atoms with Crippen molar-refractivity contribution in [3.63, 3.8) is 0 Å². The van der Waals surface area contributed by atoms with Crippen molar-refractivity contribution in [3.8, 4) is 11.5 Å². The molecule has 0 amide bonds. The molecule has 2 aliphatic rings. The van der Waals surface area contributed by atoms with Crippen LogP contribution in [0.15, 0.2) is 84.9 Å². The van der Waals surface area contributed by atoms with Gasteiger partial charge >= 0.3 is 12.4 Å². The second kappa shape index (κ2) is 10.4. The SMILES string of the molecule is CC(C)(c1ccc2c(c1)CN(c1ccc(C(F)(F)F)cc1)CO2)c1ccc2c(c1)CN(c1ccc(C(F)(F)F)cc1)CO2. The highest BCUT2D eigenvalue weighted by Gasteiger charge is 2.32. The number of alkyl halides is 6. The van der Waals surface area contributed by atoms with E-state index in [-0.39, 0.29) is 13.5 Å². The van der Waals surface area contributed by atoms with Crippen LogP contribution in [0.5, 0.6) is 11.5 Å². The van der Waals surface area contributed by atoms with Crippen molar-refractivity contribution in [2.75, 3.05) is 23.3 Å². The molecule has 43 heavy (non-hydrogen) atoms. The number of hydrogen-bond donors (Lipinski definition) is 0. The lowest BCUT2D eigenvalue weighted by molar-refractivity contribution is -0.138. The molecule has 0 fully saturated rings. The highest BCUT2D eigenvalue weighted by Crippen LogP contribution is 2.40. The molecule has 0 N–H and O–H groups in total. The zero-order valence-electron chi connectivity index (χ0n) is 23.4. The van der Waals surface area contributed by atoms with Gasteiger partial charge in [-0.25, -0.2) is 0 Å². The number of fused-ring (bicyclic) bond motifs is 2. The van der Waals surface area contributed by atoms with Crippen molar-refractivity contribution >= 4 is 11.4 Å². The maximum atomic E-state index is 13.0. The average molecular weight is 599 g/mol. The molecule has 6 rings (SSSR count). The first-order chi connectivity index (χ1) is 20.3. The van der Waals surface area contributed by atoms with Crippen molar-refractivity contribution in [1.82, 2.24) is 0 Å². The highest BCUT2D eigenvalue weighted by molar-refractivity contribution is 5.55. The number of ether oxygens (including phenoxy) is 2. The number of benzene rings is 4. The van der Waals surface area contributed by atoms with Crippen LogP contribution in [0.1, 0.15) is 47.2 Å². The molecule has 0 unspecified atom stereocenters. The maximum absolute atomic E-state index is 13.0. The topological polar surface area (TPSA) is 24.9 Å². The Morgan fingerprint density at radius 2 is 0.860 bits per heavy atom. The maximum Gasteiger partial charge on any atom is 0.416 e. The average Bonchev–Trinajstić information content (AvgIpc) is 2.99. The van der Waals surface area contributed by atoms with E-state index in [2.05, 4.69) is 26.0 Å². The second-order valence-corrected chi connectivity index (χ2v) is 11.3. The molecule has 0 aliphatic carbocycles. The Bertz CT molecular complexity index is 1510. The van der Waals surface area contributed by atoms with Crippen LogP contribution in [0.25, 0.3) is 0 Å². The monoisotopic (exact) mass is 598 g/mol. The molecular weight excluding hydrogens is 570 g/mol. The van der Waals surface area contributed by atoms with Crippen molar-refractivity contribution in [3.05, 3.63) is 118 Å². The van der Waals surface area contributed by atoms with E-state index in [1.165, 1.54) is 24.3 Å². The lowest BCUT2D eigenvalue weighted by Gasteiger charge is -2.34. The minimum atomic E-state index is -4.40. The molecule has 4 aromatic rings. The molecule has 0 saturated heterocycles. The van der Waals surface area contributed by atoms with Gasteiger partial charge in [-0.1, -0.05) is 26.0 Å². The fourth-order valence-corrected chi connectivity index (χ4v) is 5.48. The van der Waals surface area contributed by atoms with Crippen molar-refractivity contribution in [2.24, 2.45) is 0 Å². The van der Waals surface area contributed by atoms with Crippen molar-refractivity contribution < 1.29 is 35.8 Å². The van der Waals surface area contributed by atoms with E-state index in [0.29, 0.717) is 24.5 Å². The molecular formula is C33H28F6N2O2. The van der Waals surface area contributed by atoms with Gasteiger partial charge in [0.25, 0.3) is 0 Å². The third-order valence-corrected chi connectivity index (χ3v) is 8.16. The zero-order chi connectivity index (χ0) is 30.6. The molecule has 0 radical (unpaired) electrons. The van der Waals surface area contributed by atoms with Crippen LogP contribution in [-0.2, 0) is 30.9 Å². The molecule has 4 aromatic carbocycles. The minimum absolute atomic E-state index is 0.224. The van der Waals surface area contributed by atoms with Crippen LogP contribution in [-0.4, -0.2) is 13.5 Å². The van der Waals surface area contributed by atoms with Gasteiger partial charge in [0.15, 0.2) is 13.5 Å². The number of rotatable bonds is 4. The summed E-state index contributed by atoms with van der Waals surface area (Å²) in [4.78, 5) is 3.76. The Kier molecular flexibility index (Phi) is 6.98. The van der Waals surface area contributed by atoms with Gasteiger partial charge in [0, 0.05) is 41.0 Å². The van der Waals surface area contributed by atoms with Crippen molar-refractivity contribution in [1.29, 1.82) is 0 Å². The Morgan fingerprint density at radius 1 is 0.512 bits per heavy atom. The van der Waals surface area contributed by atoms with Crippen LogP contribution in [0.3, 0.4) is 0 Å². The van der Waals surface area contributed by atoms with Crippen molar-refractivity contribution in [2.45, 2.75) is 44.7 Å². The van der Waals surface area contributed by atoms with E-state index in [1.807, 2.05) is 34.1 Å². The molecule has 224 valence electrons. The quantitative estimate of drug-likeness (QED) is 0.219. The van der Waals surface area contributed by atoms with Gasteiger partial charge in [0.05, 0.1) is 11.1 Å². The third-order valence-electron chi connectivity index (χ3n) is 8.16. The molecule has 2 heterocycles. The largest absolute Gasteiger partial charge is 0.473 e. The smallest absolute Gasteiger partial charge is 0.416 e. The summed E-state index contributed by atoms with van der Waals surface area (Å²) in [5.74, 6) is 1.46. The summed E-state index contributed by atoms with van der Waals surface area (Å²) in [5, 5.41) is 0. The first kappa shape index (κ1) is 28.8. The molecule has 0 bridgehead atoms. The first-order valence-electron chi connectivity index (χ1n) is 13.7. The van der Waals surface area contributed by atoms with Gasteiger partial charge in [-0.2, -0.15) is 26.3 Å². The molecule has 0 saturated carbocycles. The van der Waals surface area contributed by atoms with Crippen LogP contribution < -0.4 is 19.3 Å². The van der Waals surface area contributed by atoms with Crippen LogP contribution in [0.4, 0.5) is 37.7 Å². The molecule has 2 aliphatic heterocycles. The van der Waals surface area contributed by atoms with Gasteiger partial charge < -0.3 is 19.3 Å². The fourth-order valence-electron chi connectivity index (χ4n) is 5.48. The Morgan fingerprint density at radius 3 is 1.21 bits per heavy atom. The summed E-state index contributed by atoms with van der Waals surface area (Å²) in [6.45, 7) is 5.61. The predicted molar refractivity (Wildman–Crippen MR) is 151 cm³/mol. The number of nitrogens with zero attached hydrogens (tertiary/aromatic N) is 2. The molecule has 0 spiro atoms. The fraction of sp³-hybridized carbons (Fsp3) is 0.273. The summed E-state index contributed by atoms with van der Waals surface area (Å²) >= 11 is 0. The lowest BCUT2D eigenvalue weighted by Crippen LogP contribution is -2.33. The number of anilines is 2. The van der Waals surface area contributed by atoms with Gasteiger partial charge in [0.2, 0.25) is 0 Å². The van der Waals surface area contributed by atoms with Crippen LogP contribution >= 0.6 is 0 Å². The van der Waals surface area contributed by atoms with Gasteiger partial charge in [-0.15, -0.1) is 0 Å².